The Morgan fingerprint density at radius 2 is 1.30 bits per heavy atom. The molecule has 0 aromatic rings. The fourth-order valence-electron chi connectivity index (χ4n) is 3.31. The highest BCUT2D eigenvalue weighted by molar-refractivity contribution is 6.77. The maximum absolute atomic E-state index is 5.67. The van der Waals surface area contributed by atoms with Crippen molar-refractivity contribution in [2.24, 2.45) is 0 Å². The summed E-state index contributed by atoms with van der Waals surface area (Å²) in [5.41, 5.74) is 4.94. The van der Waals surface area contributed by atoms with E-state index in [-0.39, 0.29) is 9.52 Å². The van der Waals surface area contributed by atoms with Crippen molar-refractivity contribution in [3.8, 4) is 0 Å². The third-order valence-corrected chi connectivity index (χ3v) is 9.84. The molecule has 0 aromatic heterocycles. The van der Waals surface area contributed by atoms with E-state index in [2.05, 4.69) is 58.2 Å². The summed E-state index contributed by atoms with van der Waals surface area (Å²) in [6.07, 6.45) is 0. The van der Waals surface area contributed by atoms with Crippen molar-refractivity contribution >= 4 is 17.8 Å². The van der Waals surface area contributed by atoms with Crippen molar-refractivity contribution in [1.82, 2.24) is 19.6 Å². The highest BCUT2D eigenvalue weighted by Crippen LogP contribution is 2.13. The second kappa shape index (κ2) is 8.89. The molecule has 2 heterocycles. The van der Waals surface area contributed by atoms with Gasteiger partial charge in [0.05, 0.1) is 9.52 Å². The van der Waals surface area contributed by atoms with Crippen LogP contribution < -0.4 is 0 Å². The highest BCUT2D eigenvalue weighted by atomic mass is 28.4. The first kappa shape index (κ1) is 19.3. The van der Waals surface area contributed by atoms with Gasteiger partial charge in [0, 0.05) is 65.3 Å². The molecule has 0 amide bonds. The van der Waals surface area contributed by atoms with Gasteiger partial charge in [0.1, 0.15) is 0 Å². The average Bonchev–Trinajstić information content (AvgIpc) is 2.54. The molecule has 0 aromatic carbocycles. The summed E-state index contributed by atoms with van der Waals surface area (Å²) in [6, 6.07) is 0. The number of piperazine rings is 2. The molecule has 2 saturated heterocycles. The van der Waals surface area contributed by atoms with Gasteiger partial charge in [0.2, 0.25) is 8.32 Å². The fraction of sp³-hybridized carbons (Fsp3) is 0.875. The molecule has 0 N–H and O–H groups in total. The summed E-state index contributed by atoms with van der Waals surface area (Å²) in [5.74, 6) is 0.690. The molecule has 0 unspecified atom stereocenters. The Labute approximate surface area is 146 Å². The largest absolute Gasteiger partial charge is 0.417 e. The SMILES string of the molecule is CO[Si](C)(C)C=C[SiH2]C(N1CCN(C)CC1)N1CCN(C)CC1. The first-order valence-electron chi connectivity index (χ1n) is 8.99. The van der Waals surface area contributed by atoms with Crippen molar-refractivity contribution in [1.29, 1.82) is 0 Å². The van der Waals surface area contributed by atoms with Crippen LogP contribution in [-0.4, -0.2) is 117 Å². The fourth-order valence-corrected chi connectivity index (χ4v) is 7.83. The van der Waals surface area contributed by atoms with Gasteiger partial charge >= 0.3 is 0 Å². The van der Waals surface area contributed by atoms with Gasteiger partial charge in [-0.15, -0.1) is 5.70 Å². The summed E-state index contributed by atoms with van der Waals surface area (Å²) in [4.78, 5) is 10.4. The number of rotatable bonds is 6. The third-order valence-electron chi connectivity index (χ3n) is 5.31. The second-order valence-electron chi connectivity index (χ2n) is 7.60. The van der Waals surface area contributed by atoms with Crippen LogP contribution in [-0.2, 0) is 4.43 Å². The number of hydrogen-bond acceptors (Lipinski definition) is 5. The molecule has 0 spiro atoms. The average molecular weight is 357 g/mol. The van der Waals surface area contributed by atoms with Crippen molar-refractivity contribution in [3.63, 3.8) is 0 Å². The first-order valence-corrected chi connectivity index (χ1v) is 13.6. The Hall–Kier alpha value is -0.0262. The van der Waals surface area contributed by atoms with Crippen LogP contribution in [0.1, 0.15) is 0 Å². The van der Waals surface area contributed by atoms with E-state index >= 15 is 0 Å². The maximum atomic E-state index is 5.67. The minimum atomic E-state index is -1.56. The van der Waals surface area contributed by atoms with Gasteiger partial charge in [0.25, 0.3) is 0 Å². The minimum absolute atomic E-state index is 0.298. The lowest BCUT2D eigenvalue weighted by molar-refractivity contribution is 0.0318. The molecule has 2 aliphatic heterocycles. The van der Waals surface area contributed by atoms with Crippen LogP contribution in [0.25, 0.3) is 0 Å². The lowest BCUT2D eigenvalue weighted by Crippen LogP contribution is -2.61. The molecular weight excluding hydrogens is 320 g/mol. The van der Waals surface area contributed by atoms with Crippen molar-refractivity contribution < 1.29 is 4.43 Å². The molecule has 23 heavy (non-hydrogen) atoms. The van der Waals surface area contributed by atoms with Gasteiger partial charge in [-0.05, 0) is 27.2 Å². The number of nitrogens with zero attached hydrogens (tertiary/aromatic N) is 4. The summed E-state index contributed by atoms with van der Waals surface area (Å²) < 4.78 is 5.67. The van der Waals surface area contributed by atoms with Crippen LogP contribution in [0.5, 0.6) is 0 Å². The van der Waals surface area contributed by atoms with E-state index in [0.717, 1.165) is 0 Å². The molecule has 0 radical (unpaired) electrons. The van der Waals surface area contributed by atoms with Crippen LogP contribution in [0.15, 0.2) is 11.4 Å². The zero-order valence-corrected chi connectivity index (χ0v) is 18.2. The monoisotopic (exact) mass is 356 g/mol. The topological polar surface area (TPSA) is 22.2 Å². The molecule has 0 bridgehead atoms. The molecule has 0 saturated carbocycles. The lowest BCUT2D eigenvalue weighted by Gasteiger charge is -2.45. The summed E-state index contributed by atoms with van der Waals surface area (Å²) in [6.45, 7) is 14.3. The Balaban J connectivity index is 1.99. The van der Waals surface area contributed by atoms with Crippen LogP contribution in [0, 0.1) is 0 Å². The zero-order chi connectivity index (χ0) is 16.9. The highest BCUT2D eigenvalue weighted by Gasteiger charge is 2.29. The minimum Gasteiger partial charge on any atom is -0.417 e. The summed E-state index contributed by atoms with van der Waals surface area (Å²) in [5, 5.41) is 0. The van der Waals surface area contributed by atoms with Gasteiger partial charge in [-0.2, -0.15) is 0 Å². The quantitative estimate of drug-likeness (QED) is 0.615. The number of hydrogen-bond donors (Lipinski definition) is 0. The predicted molar refractivity (Wildman–Crippen MR) is 104 cm³/mol. The predicted octanol–water partition coefficient (Wildman–Crippen LogP) is -0.162. The normalized spacial score (nSPS) is 24.6. The Bertz CT molecular complexity index is 356. The summed E-state index contributed by atoms with van der Waals surface area (Å²) in [7, 11) is 4.48. The molecule has 2 fully saturated rings. The van der Waals surface area contributed by atoms with Gasteiger partial charge in [-0.1, -0.05) is 5.70 Å². The molecular formula is C16H36N4OSi2. The van der Waals surface area contributed by atoms with E-state index in [9.17, 15) is 0 Å². The number of likely N-dealkylation sites (N-methyl/N-ethyl adjacent to an activating group) is 2. The summed E-state index contributed by atoms with van der Waals surface area (Å²) >= 11 is 0. The van der Waals surface area contributed by atoms with Gasteiger partial charge in [-0.3, -0.25) is 9.80 Å². The van der Waals surface area contributed by atoms with E-state index in [1.165, 1.54) is 52.4 Å². The van der Waals surface area contributed by atoms with E-state index in [0.29, 0.717) is 5.79 Å². The molecule has 5 nitrogen and oxygen atoms in total. The van der Waals surface area contributed by atoms with Gasteiger partial charge in [0.15, 0.2) is 0 Å². The van der Waals surface area contributed by atoms with Crippen LogP contribution in [0.3, 0.4) is 0 Å². The van der Waals surface area contributed by atoms with Crippen molar-refractivity contribution in [3.05, 3.63) is 11.4 Å². The molecule has 134 valence electrons. The molecule has 0 aliphatic carbocycles. The van der Waals surface area contributed by atoms with Gasteiger partial charge in [-0.25, -0.2) is 0 Å². The second-order valence-corrected chi connectivity index (χ2v) is 13.2. The van der Waals surface area contributed by atoms with Gasteiger partial charge < -0.3 is 14.2 Å². The first-order chi connectivity index (χ1) is 10.9. The van der Waals surface area contributed by atoms with E-state index in [1.807, 2.05) is 7.11 Å². The third kappa shape index (κ3) is 6.08. The van der Waals surface area contributed by atoms with E-state index in [1.54, 1.807) is 0 Å². The van der Waals surface area contributed by atoms with Crippen LogP contribution >= 0.6 is 0 Å². The van der Waals surface area contributed by atoms with Crippen LogP contribution in [0.2, 0.25) is 13.1 Å². The Morgan fingerprint density at radius 3 is 1.70 bits per heavy atom. The molecule has 2 rings (SSSR count). The Kier molecular flexibility index (Phi) is 7.46. The van der Waals surface area contributed by atoms with E-state index < -0.39 is 8.32 Å². The maximum Gasteiger partial charge on any atom is 0.209 e. The Morgan fingerprint density at radius 1 is 0.870 bits per heavy atom. The molecule has 7 heteroatoms. The van der Waals surface area contributed by atoms with E-state index in [4.69, 9.17) is 4.43 Å². The van der Waals surface area contributed by atoms with Crippen molar-refractivity contribution in [2.75, 3.05) is 73.6 Å². The molecule has 0 atom stereocenters. The van der Waals surface area contributed by atoms with Crippen molar-refractivity contribution in [2.45, 2.75) is 18.9 Å². The molecule has 2 aliphatic rings. The standard InChI is InChI=1S/C16H36N4OSi2/c1-17-6-10-19(11-7-17)16(20-12-8-18(2)9-13-20)22-14-15-23(4,5)21-3/h14-16H,6-13,22H2,1-5H3. The zero-order valence-electron chi connectivity index (χ0n) is 15.8. The lowest BCUT2D eigenvalue weighted by atomic mass is 10.3. The smallest absolute Gasteiger partial charge is 0.209 e. The van der Waals surface area contributed by atoms with Crippen LogP contribution in [0.4, 0.5) is 0 Å².